The standard InChI is InChI=1S/C17H17ClO2/c1-12-3-5-14(6-4-12)7-10-17(19)20-16-9-8-15(18)11-13(16)2/h3-6,8-9,11H,7,10H2,1-2H3. The van der Waals surface area contributed by atoms with Gasteiger partial charge in [-0.05, 0) is 49.6 Å². The fraction of sp³-hybridized carbons (Fsp3) is 0.235. The summed E-state index contributed by atoms with van der Waals surface area (Å²) in [7, 11) is 0. The molecule has 0 N–H and O–H groups in total. The van der Waals surface area contributed by atoms with Crippen molar-refractivity contribution in [3.63, 3.8) is 0 Å². The highest BCUT2D eigenvalue weighted by Crippen LogP contribution is 2.22. The van der Waals surface area contributed by atoms with E-state index < -0.39 is 0 Å². The lowest BCUT2D eigenvalue weighted by atomic mass is 10.1. The minimum absolute atomic E-state index is 0.226. The predicted molar refractivity (Wildman–Crippen MR) is 81.3 cm³/mol. The van der Waals surface area contributed by atoms with Crippen molar-refractivity contribution in [3.05, 3.63) is 64.2 Å². The van der Waals surface area contributed by atoms with Crippen LogP contribution < -0.4 is 4.74 Å². The van der Waals surface area contributed by atoms with Gasteiger partial charge >= 0.3 is 5.97 Å². The molecule has 0 amide bonds. The lowest BCUT2D eigenvalue weighted by molar-refractivity contribution is -0.134. The number of halogens is 1. The molecule has 0 aliphatic heterocycles. The number of hydrogen-bond donors (Lipinski definition) is 0. The van der Waals surface area contributed by atoms with Crippen LogP contribution in [0.15, 0.2) is 42.5 Å². The minimum atomic E-state index is -0.226. The number of rotatable bonds is 4. The summed E-state index contributed by atoms with van der Waals surface area (Å²) in [4.78, 5) is 11.8. The first-order valence-electron chi connectivity index (χ1n) is 6.57. The second-order valence-corrected chi connectivity index (χ2v) is 5.31. The molecule has 0 unspecified atom stereocenters. The van der Waals surface area contributed by atoms with Gasteiger partial charge < -0.3 is 4.74 Å². The molecule has 2 rings (SSSR count). The largest absolute Gasteiger partial charge is 0.426 e. The van der Waals surface area contributed by atoms with E-state index >= 15 is 0 Å². The summed E-state index contributed by atoms with van der Waals surface area (Å²) < 4.78 is 5.35. The van der Waals surface area contributed by atoms with Crippen LogP contribution in [0.5, 0.6) is 5.75 Å². The maximum absolute atomic E-state index is 11.8. The normalized spacial score (nSPS) is 10.3. The molecule has 2 aromatic carbocycles. The van der Waals surface area contributed by atoms with E-state index in [1.807, 2.05) is 38.1 Å². The van der Waals surface area contributed by atoms with E-state index in [1.54, 1.807) is 18.2 Å². The second-order valence-electron chi connectivity index (χ2n) is 4.87. The Labute approximate surface area is 124 Å². The van der Waals surface area contributed by atoms with Gasteiger partial charge in [-0.2, -0.15) is 0 Å². The van der Waals surface area contributed by atoms with Crippen molar-refractivity contribution in [1.29, 1.82) is 0 Å². The Hall–Kier alpha value is -1.80. The van der Waals surface area contributed by atoms with Crippen LogP contribution in [0, 0.1) is 13.8 Å². The molecule has 3 heteroatoms. The number of esters is 1. The molecule has 0 aliphatic carbocycles. The fourth-order valence-electron chi connectivity index (χ4n) is 1.90. The first kappa shape index (κ1) is 14.6. The van der Waals surface area contributed by atoms with Crippen LogP contribution in [0.3, 0.4) is 0 Å². The van der Waals surface area contributed by atoms with E-state index in [2.05, 4.69) is 0 Å². The molecule has 0 aromatic heterocycles. The molecule has 0 fully saturated rings. The highest BCUT2D eigenvalue weighted by atomic mass is 35.5. The Morgan fingerprint density at radius 2 is 1.80 bits per heavy atom. The monoisotopic (exact) mass is 288 g/mol. The maximum Gasteiger partial charge on any atom is 0.311 e. The summed E-state index contributed by atoms with van der Waals surface area (Å²) in [5, 5.41) is 0.641. The van der Waals surface area contributed by atoms with Crippen LogP contribution in [-0.2, 0) is 11.2 Å². The molecule has 0 radical (unpaired) electrons. The average Bonchev–Trinajstić information content (AvgIpc) is 2.41. The summed E-state index contributed by atoms with van der Waals surface area (Å²) in [6.07, 6.45) is 1.05. The van der Waals surface area contributed by atoms with Crippen molar-refractivity contribution in [3.8, 4) is 5.75 Å². The summed E-state index contributed by atoms with van der Waals surface area (Å²) in [5.41, 5.74) is 3.22. The Kier molecular flexibility index (Phi) is 4.80. The Balaban J connectivity index is 1.90. The minimum Gasteiger partial charge on any atom is -0.426 e. The highest BCUT2D eigenvalue weighted by Gasteiger charge is 2.08. The summed E-state index contributed by atoms with van der Waals surface area (Å²) in [6.45, 7) is 3.91. The fourth-order valence-corrected chi connectivity index (χ4v) is 2.13. The first-order valence-corrected chi connectivity index (χ1v) is 6.95. The van der Waals surface area contributed by atoms with Gasteiger partial charge in [0.15, 0.2) is 0 Å². The van der Waals surface area contributed by atoms with Crippen molar-refractivity contribution in [1.82, 2.24) is 0 Å². The molecular formula is C17H17ClO2. The number of carbonyl (C=O) groups excluding carboxylic acids is 1. The van der Waals surface area contributed by atoms with Gasteiger partial charge in [-0.25, -0.2) is 0 Å². The van der Waals surface area contributed by atoms with E-state index in [1.165, 1.54) is 5.56 Å². The van der Waals surface area contributed by atoms with Crippen LogP contribution in [-0.4, -0.2) is 5.97 Å². The van der Waals surface area contributed by atoms with E-state index in [0.29, 0.717) is 23.6 Å². The van der Waals surface area contributed by atoms with Gasteiger partial charge in [0.05, 0.1) is 0 Å². The van der Waals surface area contributed by atoms with Gasteiger partial charge in [-0.3, -0.25) is 4.79 Å². The maximum atomic E-state index is 11.8. The van der Waals surface area contributed by atoms with Crippen molar-refractivity contribution < 1.29 is 9.53 Å². The number of benzene rings is 2. The quantitative estimate of drug-likeness (QED) is 0.612. The molecule has 0 saturated heterocycles. The lowest BCUT2D eigenvalue weighted by Gasteiger charge is -2.07. The molecular weight excluding hydrogens is 272 g/mol. The van der Waals surface area contributed by atoms with Crippen LogP contribution in [0.1, 0.15) is 23.1 Å². The van der Waals surface area contributed by atoms with Gasteiger partial charge in [0, 0.05) is 11.4 Å². The van der Waals surface area contributed by atoms with Gasteiger partial charge in [-0.1, -0.05) is 41.4 Å². The molecule has 20 heavy (non-hydrogen) atoms. The Bertz CT molecular complexity index is 603. The number of carbonyl (C=O) groups is 1. The third-order valence-electron chi connectivity index (χ3n) is 3.10. The van der Waals surface area contributed by atoms with Crippen molar-refractivity contribution in [2.45, 2.75) is 26.7 Å². The van der Waals surface area contributed by atoms with Crippen LogP contribution in [0.2, 0.25) is 5.02 Å². The van der Waals surface area contributed by atoms with E-state index in [-0.39, 0.29) is 5.97 Å². The zero-order valence-electron chi connectivity index (χ0n) is 11.7. The van der Waals surface area contributed by atoms with Gasteiger partial charge in [0.1, 0.15) is 5.75 Å². The number of hydrogen-bond acceptors (Lipinski definition) is 2. The van der Waals surface area contributed by atoms with Crippen molar-refractivity contribution >= 4 is 17.6 Å². The number of ether oxygens (including phenoxy) is 1. The molecule has 0 saturated carbocycles. The van der Waals surface area contributed by atoms with Gasteiger partial charge in [-0.15, -0.1) is 0 Å². The van der Waals surface area contributed by atoms with Gasteiger partial charge in [0.25, 0.3) is 0 Å². The SMILES string of the molecule is Cc1ccc(CCC(=O)Oc2ccc(Cl)cc2C)cc1. The predicted octanol–water partition coefficient (Wildman–Crippen LogP) is 4.50. The van der Waals surface area contributed by atoms with Crippen LogP contribution >= 0.6 is 11.6 Å². The third kappa shape index (κ3) is 4.10. The Morgan fingerprint density at radius 1 is 1.10 bits per heavy atom. The molecule has 2 nitrogen and oxygen atoms in total. The molecule has 0 atom stereocenters. The molecule has 0 heterocycles. The van der Waals surface area contributed by atoms with E-state index in [0.717, 1.165) is 11.1 Å². The molecule has 0 bridgehead atoms. The summed E-state index contributed by atoms with van der Waals surface area (Å²) in [6, 6.07) is 13.4. The summed E-state index contributed by atoms with van der Waals surface area (Å²) in [5.74, 6) is 0.347. The number of aryl methyl sites for hydroxylation is 3. The molecule has 0 aliphatic rings. The van der Waals surface area contributed by atoms with Gasteiger partial charge in [0.2, 0.25) is 0 Å². The smallest absolute Gasteiger partial charge is 0.311 e. The van der Waals surface area contributed by atoms with Crippen LogP contribution in [0.4, 0.5) is 0 Å². The van der Waals surface area contributed by atoms with Crippen LogP contribution in [0.25, 0.3) is 0 Å². The highest BCUT2D eigenvalue weighted by molar-refractivity contribution is 6.30. The molecule has 0 spiro atoms. The zero-order valence-corrected chi connectivity index (χ0v) is 12.4. The van der Waals surface area contributed by atoms with E-state index in [9.17, 15) is 4.79 Å². The average molecular weight is 289 g/mol. The van der Waals surface area contributed by atoms with E-state index in [4.69, 9.17) is 16.3 Å². The lowest BCUT2D eigenvalue weighted by Crippen LogP contribution is -2.09. The van der Waals surface area contributed by atoms with Crippen molar-refractivity contribution in [2.75, 3.05) is 0 Å². The third-order valence-corrected chi connectivity index (χ3v) is 3.33. The molecule has 2 aromatic rings. The van der Waals surface area contributed by atoms with Crippen molar-refractivity contribution in [2.24, 2.45) is 0 Å². The summed E-state index contributed by atoms with van der Waals surface area (Å²) >= 11 is 5.87. The first-order chi connectivity index (χ1) is 9.54. The topological polar surface area (TPSA) is 26.3 Å². The zero-order chi connectivity index (χ0) is 14.5. The molecule has 104 valence electrons. The second kappa shape index (κ2) is 6.58. The Morgan fingerprint density at radius 3 is 2.45 bits per heavy atom.